The molecule has 0 radical (unpaired) electrons. The van der Waals surface area contributed by atoms with Crippen LogP contribution in [0.2, 0.25) is 0 Å². The Bertz CT molecular complexity index is 972. The van der Waals surface area contributed by atoms with E-state index in [1.807, 2.05) is 43.4 Å². The van der Waals surface area contributed by atoms with Crippen LogP contribution in [-0.2, 0) is 4.79 Å². The third kappa shape index (κ3) is 7.64. The summed E-state index contributed by atoms with van der Waals surface area (Å²) in [5, 5.41) is 0. The van der Waals surface area contributed by atoms with E-state index in [1.54, 1.807) is 25.3 Å². The number of hydrogen-bond acceptors (Lipinski definition) is 2. The molecule has 32 heavy (non-hydrogen) atoms. The van der Waals surface area contributed by atoms with E-state index >= 15 is 0 Å². The van der Waals surface area contributed by atoms with E-state index in [9.17, 15) is 9.59 Å². The molecule has 1 aromatic rings. The molecule has 0 bridgehead atoms. The predicted octanol–water partition coefficient (Wildman–Crippen LogP) is 6.86. The molecule has 2 rings (SSSR count). The lowest BCUT2D eigenvalue weighted by Crippen LogP contribution is -2.31. The minimum Gasteiger partial charge on any atom is -0.335 e. The van der Waals surface area contributed by atoms with Crippen molar-refractivity contribution in [2.24, 2.45) is 5.41 Å². The van der Waals surface area contributed by atoms with Crippen molar-refractivity contribution < 1.29 is 9.59 Å². The van der Waals surface area contributed by atoms with Crippen LogP contribution in [-0.4, -0.2) is 30.2 Å². The van der Waals surface area contributed by atoms with Gasteiger partial charge in [-0.15, -0.1) is 0 Å². The maximum absolute atomic E-state index is 12.4. The van der Waals surface area contributed by atoms with Gasteiger partial charge in [-0.25, -0.2) is 0 Å². The molecule has 0 saturated carbocycles. The Labute approximate surface area is 193 Å². The second kappa shape index (κ2) is 11.6. The van der Waals surface area contributed by atoms with Crippen molar-refractivity contribution in [2.75, 3.05) is 13.6 Å². The number of benzene rings is 1. The Balaban J connectivity index is 1.94. The lowest BCUT2D eigenvalue weighted by atomic mass is 9.72. The summed E-state index contributed by atoms with van der Waals surface area (Å²) in [4.78, 5) is 26.1. The average molecular weight is 432 g/mol. The first-order valence-corrected chi connectivity index (χ1v) is 11.3. The fraction of sp³-hybridized carbons (Fsp3) is 0.379. The van der Waals surface area contributed by atoms with Gasteiger partial charge >= 0.3 is 0 Å². The summed E-state index contributed by atoms with van der Waals surface area (Å²) in [5.41, 5.74) is 5.80. The second-order valence-electron chi connectivity index (χ2n) is 9.41. The lowest BCUT2D eigenvalue weighted by Gasteiger charge is -2.32. The minimum atomic E-state index is -0.182. The Hall–Kier alpha value is -2.94. The fourth-order valence-electron chi connectivity index (χ4n) is 3.99. The Kier molecular flexibility index (Phi) is 9.19. The molecular formula is C29H37NO2. The zero-order chi connectivity index (χ0) is 23.7. The second-order valence-corrected chi connectivity index (χ2v) is 9.41. The van der Waals surface area contributed by atoms with E-state index in [1.165, 1.54) is 35.3 Å². The first kappa shape index (κ1) is 25.3. The van der Waals surface area contributed by atoms with Gasteiger partial charge in [0.1, 0.15) is 0 Å². The van der Waals surface area contributed by atoms with E-state index in [0.717, 1.165) is 11.1 Å². The summed E-state index contributed by atoms with van der Waals surface area (Å²) in [6, 6.07) is 9.04. The third-order valence-corrected chi connectivity index (χ3v) is 5.98. The highest BCUT2D eigenvalue weighted by atomic mass is 16.2. The van der Waals surface area contributed by atoms with E-state index in [0.29, 0.717) is 5.56 Å². The van der Waals surface area contributed by atoms with Crippen molar-refractivity contribution in [1.82, 2.24) is 4.90 Å². The number of likely N-dealkylation sites (N-methyl/N-ethyl adjacent to an activating group) is 1. The molecule has 0 spiro atoms. The van der Waals surface area contributed by atoms with E-state index in [2.05, 4.69) is 39.8 Å². The smallest absolute Gasteiger partial charge is 0.246 e. The van der Waals surface area contributed by atoms with Crippen molar-refractivity contribution in [1.29, 1.82) is 0 Å². The number of ketones is 1. The van der Waals surface area contributed by atoms with E-state index in [4.69, 9.17) is 0 Å². The molecule has 1 amide bonds. The molecule has 0 atom stereocenters. The van der Waals surface area contributed by atoms with Crippen LogP contribution in [0.4, 0.5) is 0 Å². The molecule has 1 aromatic carbocycles. The maximum Gasteiger partial charge on any atom is 0.246 e. The van der Waals surface area contributed by atoms with Crippen molar-refractivity contribution in [2.45, 2.75) is 53.9 Å². The summed E-state index contributed by atoms with van der Waals surface area (Å²) in [7, 11) is 1.65. The largest absolute Gasteiger partial charge is 0.335 e. The number of allylic oxidation sites excluding steroid dienone is 9. The van der Waals surface area contributed by atoms with Crippen LogP contribution in [0.1, 0.15) is 64.2 Å². The zero-order valence-electron chi connectivity index (χ0n) is 20.4. The molecule has 1 aliphatic rings. The van der Waals surface area contributed by atoms with E-state index in [-0.39, 0.29) is 23.7 Å². The topological polar surface area (TPSA) is 37.4 Å². The van der Waals surface area contributed by atoms with Gasteiger partial charge in [0.25, 0.3) is 0 Å². The van der Waals surface area contributed by atoms with Gasteiger partial charge in [-0.2, -0.15) is 0 Å². The quantitative estimate of drug-likeness (QED) is 0.256. The van der Waals surface area contributed by atoms with Gasteiger partial charge in [0.2, 0.25) is 5.91 Å². The van der Waals surface area contributed by atoms with E-state index < -0.39 is 0 Å². The Morgan fingerprint density at radius 3 is 2.41 bits per heavy atom. The molecule has 0 N–H and O–H groups in total. The Morgan fingerprint density at radius 2 is 1.75 bits per heavy atom. The van der Waals surface area contributed by atoms with Crippen LogP contribution in [0.15, 0.2) is 89.1 Å². The number of nitrogens with zero attached hydrogens (tertiary/aromatic N) is 1. The van der Waals surface area contributed by atoms with Gasteiger partial charge in [0.05, 0.1) is 6.54 Å². The highest BCUT2D eigenvalue weighted by molar-refractivity contribution is 6.00. The first-order valence-electron chi connectivity index (χ1n) is 11.3. The summed E-state index contributed by atoms with van der Waals surface area (Å²) >= 11 is 0. The van der Waals surface area contributed by atoms with Crippen molar-refractivity contribution in [3.05, 3.63) is 94.6 Å². The molecule has 0 heterocycles. The van der Waals surface area contributed by atoms with Crippen LogP contribution in [0.5, 0.6) is 0 Å². The van der Waals surface area contributed by atoms with Crippen molar-refractivity contribution in [3.8, 4) is 0 Å². The van der Waals surface area contributed by atoms with Crippen molar-refractivity contribution >= 4 is 11.7 Å². The SMILES string of the molecule is CC1=C(/C=C/C(C)=C\C=C\C(C)=C\C(=O)N(C)CC(=O)c2ccccc2)C(C)(C)CCC1. The number of rotatable bonds is 8. The van der Waals surface area contributed by atoms with Crippen LogP contribution in [0.25, 0.3) is 0 Å². The summed E-state index contributed by atoms with van der Waals surface area (Å²) in [6.07, 6.45) is 15.6. The lowest BCUT2D eigenvalue weighted by molar-refractivity contribution is -0.124. The van der Waals surface area contributed by atoms with Crippen molar-refractivity contribution in [3.63, 3.8) is 0 Å². The predicted molar refractivity (Wildman–Crippen MR) is 135 cm³/mol. The molecule has 0 unspecified atom stereocenters. The molecule has 1 aliphatic carbocycles. The highest BCUT2D eigenvalue weighted by Crippen LogP contribution is 2.40. The maximum atomic E-state index is 12.4. The number of hydrogen-bond donors (Lipinski definition) is 0. The molecule has 170 valence electrons. The molecule has 0 aliphatic heterocycles. The van der Waals surface area contributed by atoms with Crippen LogP contribution < -0.4 is 0 Å². The summed E-state index contributed by atoms with van der Waals surface area (Å²) in [5.74, 6) is -0.251. The summed E-state index contributed by atoms with van der Waals surface area (Å²) in [6.45, 7) is 10.9. The normalized spacial score (nSPS) is 17.3. The number of amides is 1. The molecule has 0 saturated heterocycles. The van der Waals surface area contributed by atoms with Gasteiger partial charge in [0.15, 0.2) is 5.78 Å². The minimum absolute atomic E-state index is 0.0613. The molecule has 3 heteroatoms. The van der Waals surface area contributed by atoms with Gasteiger partial charge in [-0.05, 0) is 56.6 Å². The highest BCUT2D eigenvalue weighted by Gasteiger charge is 2.26. The Morgan fingerprint density at radius 1 is 1.06 bits per heavy atom. The first-order chi connectivity index (χ1) is 15.1. The van der Waals surface area contributed by atoms with Gasteiger partial charge in [-0.1, -0.05) is 85.7 Å². The van der Waals surface area contributed by atoms with Gasteiger partial charge in [0, 0.05) is 18.7 Å². The van der Waals surface area contributed by atoms with Gasteiger partial charge < -0.3 is 4.90 Å². The van der Waals surface area contributed by atoms with Crippen LogP contribution >= 0.6 is 0 Å². The van der Waals surface area contributed by atoms with Gasteiger partial charge in [-0.3, -0.25) is 9.59 Å². The average Bonchev–Trinajstić information content (AvgIpc) is 2.73. The molecule has 3 nitrogen and oxygen atoms in total. The zero-order valence-corrected chi connectivity index (χ0v) is 20.4. The number of carbonyl (C=O) groups is 2. The standard InChI is InChI=1S/C29H37NO2/c1-22(17-18-26-24(3)14-11-19-29(26,4)5)12-10-13-23(2)20-28(32)30(6)21-27(31)25-15-8-7-9-16-25/h7-10,12-13,15-18,20H,11,14,19,21H2,1-6H3/b13-10+,18-17+,22-12-,23-20+. The molecular weight excluding hydrogens is 394 g/mol. The van der Waals surface area contributed by atoms with Crippen LogP contribution in [0.3, 0.4) is 0 Å². The fourth-order valence-corrected chi connectivity index (χ4v) is 3.99. The van der Waals surface area contributed by atoms with Crippen LogP contribution in [0, 0.1) is 5.41 Å². The number of carbonyl (C=O) groups excluding carboxylic acids is 2. The molecule has 0 aromatic heterocycles. The number of Topliss-reactive ketones (excluding diaryl/α,β-unsaturated/α-hetero) is 1. The summed E-state index contributed by atoms with van der Waals surface area (Å²) < 4.78 is 0. The third-order valence-electron chi connectivity index (χ3n) is 5.98. The monoisotopic (exact) mass is 431 g/mol. The molecule has 0 fully saturated rings.